The van der Waals surface area contributed by atoms with E-state index in [1.165, 1.54) is 12.8 Å². The van der Waals surface area contributed by atoms with E-state index < -0.39 is 0 Å². The number of hydrogen-bond acceptors (Lipinski definition) is 0. The third kappa shape index (κ3) is 126. The molecule has 0 aliphatic heterocycles. The summed E-state index contributed by atoms with van der Waals surface area (Å²) in [6.45, 7) is 19.7. The monoisotopic (exact) mass is 218 g/mol. The average Bonchev–Trinajstić information content (AvgIpc) is 2.01. The largest absolute Gasteiger partial charge is 0.0776 e. The molecule has 0 saturated heterocycles. The van der Waals surface area contributed by atoms with Gasteiger partial charge < -0.3 is 0 Å². The van der Waals surface area contributed by atoms with Gasteiger partial charge in [0.05, 0.1) is 0 Å². The van der Waals surface area contributed by atoms with Crippen LogP contribution in [0.1, 0.15) is 82.6 Å². The fourth-order valence-electron chi connectivity index (χ4n) is 0.289. The van der Waals surface area contributed by atoms with Crippen molar-refractivity contribution >= 4 is 0 Å². The van der Waals surface area contributed by atoms with Crippen LogP contribution in [0.25, 0.3) is 0 Å². The molecule has 0 aromatic carbocycles. The summed E-state index contributed by atoms with van der Waals surface area (Å²) in [6, 6.07) is 0. The summed E-state index contributed by atoms with van der Waals surface area (Å²) < 4.78 is 0. The van der Waals surface area contributed by atoms with E-state index in [2.05, 4.69) is 62.3 Å². The molecule has 0 N–H and O–H groups in total. The van der Waals surface area contributed by atoms with Gasteiger partial charge in [0.1, 0.15) is 0 Å². The van der Waals surface area contributed by atoms with Crippen molar-refractivity contribution in [1.29, 1.82) is 0 Å². The Bertz CT molecular complexity index is 56.6. The van der Waals surface area contributed by atoms with Gasteiger partial charge in [0.15, 0.2) is 0 Å². The number of rotatable bonds is 2. The van der Waals surface area contributed by atoms with Crippen LogP contribution in [0, 0.1) is 17.8 Å². The van der Waals surface area contributed by atoms with Crippen molar-refractivity contribution in [2.75, 3.05) is 0 Å². The van der Waals surface area contributed by atoms with Gasteiger partial charge in [0, 0.05) is 0 Å². The molecule has 0 radical (unpaired) electrons. The van der Waals surface area contributed by atoms with Crippen LogP contribution in [0.2, 0.25) is 0 Å². The summed E-state index contributed by atoms with van der Waals surface area (Å²) in [5.74, 6) is 2.60. The van der Waals surface area contributed by atoms with Gasteiger partial charge >= 0.3 is 0 Å². The Morgan fingerprint density at radius 2 is 0.733 bits per heavy atom. The fourth-order valence-corrected chi connectivity index (χ4v) is 0.289. The Labute approximate surface area is 101 Å². The van der Waals surface area contributed by atoms with Gasteiger partial charge in [-0.05, 0) is 17.8 Å². The molecule has 0 rings (SSSR count). The second-order valence-corrected chi connectivity index (χ2v) is 5.39. The molecule has 98 valence electrons. The number of hydrogen-bond donors (Lipinski definition) is 0. The van der Waals surface area contributed by atoms with Crippen LogP contribution in [0.4, 0.5) is 0 Å². The smallest absolute Gasteiger partial charge is 0.0448 e. The molecular weight excluding hydrogens is 180 g/mol. The zero-order valence-corrected chi connectivity index (χ0v) is 12.1. The first kappa shape index (κ1) is 24.3. The fraction of sp³-hybridized carbons (Fsp3) is 1.00. The third-order valence-corrected chi connectivity index (χ3v) is 1.39. The first-order valence-electron chi connectivity index (χ1n) is 6.27. The third-order valence-electron chi connectivity index (χ3n) is 1.39. The summed E-state index contributed by atoms with van der Waals surface area (Å²) in [4.78, 5) is 0. The van der Waals surface area contributed by atoms with Gasteiger partial charge in [-0.3, -0.25) is 0 Å². The van der Waals surface area contributed by atoms with Gasteiger partial charge in [0.2, 0.25) is 0 Å². The van der Waals surface area contributed by atoms with Crippen molar-refractivity contribution in [2.45, 2.75) is 82.6 Å². The SMILES string of the molecule is C.CC(C)C.CC(C)C.CCC(C)CC. The van der Waals surface area contributed by atoms with E-state index >= 15 is 0 Å². The summed E-state index contributed by atoms with van der Waals surface area (Å²) >= 11 is 0. The Morgan fingerprint density at radius 3 is 0.733 bits per heavy atom. The lowest BCUT2D eigenvalue weighted by molar-refractivity contribution is 0.544. The summed E-state index contributed by atoms with van der Waals surface area (Å²) in [6.07, 6.45) is 2.66. The van der Waals surface area contributed by atoms with Crippen molar-refractivity contribution in [1.82, 2.24) is 0 Å². The van der Waals surface area contributed by atoms with Crippen molar-refractivity contribution in [3.8, 4) is 0 Å². The van der Waals surface area contributed by atoms with Crippen LogP contribution in [0.5, 0.6) is 0 Å². The quantitative estimate of drug-likeness (QED) is 0.503. The zero-order valence-electron chi connectivity index (χ0n) is 12.1. The second-order valence-electron chi connectivity index (χ2n) is 5.39. The van der Waals surface area contributed by atoms with E-state index in [-0.39, 0.29) is 7.43 Å². The Kier molecular flexibility index (Phi) is 31.7. The summed E-state index contributed by atoms with van der Waals surface area (Å²) in [7, 11) is 0. The molecule has 0 spiro atoms. The molecule has 15 heavy (non-hydrogen) atoms. The maximum absolute atomic E-state index is 2.28. The normalized spacial score (nSPS) is 8.80. The molecule has 0 fully saturated rings. The highest BCUT2D eigenvalue weighted by atomic mass is 13.9. The molecule has 0 nitrogen and oxygen atoms in total. The standard InChI is InChI=1S/C6H14.2C4H10.CH4/c1-4-6(3)5-2;2*1-4(2)3;/h6H,4-5H2,1-3H3;2*4H,1-3H3;1H4. The van der Waals surface area contributed by atoms with E-state index in [1.807, 2.05) is 0 Å². The van der Waals surface area contributed by atoms with Crippen molar-refractivity contribution < 1.29 is 0 Å². The van der Waals surface area contributed by atoms with Crippen molar-refractivity contribution in [3.05, 3.63) is 0 Å². The van der Waals surface area contributed by atoms with E-state index in [4.69, 9.17) is 0 Å². The molecule has 0 aliphatic rings. The van der Waals surface area contributed by atoms with E-state index in [0.29, 0.717) is 0 Å². The van der Waals surface area contributed by atoms with Gasteiger partial charge in [-0.1, -0.05) is 82.6 Å². The Morgan fingerprint density at radius 1 is 0.600 bits per heavy atom. The van der Waals surface area contributed by atoms with Gasteiger partial charge in [-0.15, -0.1) is 0 Å². The predicted octanol–water partition coefficient (Wildman–Crippen LogP) is 6.40. The molecule has 0 bridgehead atoms. The Hall–Kier alpha value is 0. The van der Waals surface area contributed by atoms with Crippen molar-refractivity contribution in [3.63, 3.8) is 0 Å². The zero-order chi connectivity index (χ0) is 12.1. The molecule has 0 saturated carbocycles. The van der Waals surface area contributed by atoms with Gasteiger partial charge in [-0.25, -0.2) is 0 Å². The maximum Gasteiger partial charge on any atom is -0.0448 e. The molecule has 0 aromatic rings. The maximum atomic E-state index is 2.28. The molecule has 0 aliphatic carbocycles. The molecule has 0 atom stereocenters. The summed E-state index contributed by atoms with van der Waals surface area (Å²) in [5.41, 5.74) is 0. The van der Waals surface area contributed by atoms with Crippen LogP contribution in [0.15, 0.2) is 0 Å². The lowest BCUT2D eigenvalue weighted by Crippen LogP contribution is -1.85. The summed E-state index contributed by atoms with van der Waals surface area (Å²) in [5, 5.41) is 0. The van der Waals surface area contributed by atoms with E-state index in [0.717, 1.165) is 17.8 Å². The Balaban J connectivity index is -0.0000000606. The highest BCUT2D eigenvalue weighted by molar-refractivity contribution is 4.41. The van der Waals surface area contributed by atoms with Gasteiger partial charge in [0.25, 0.3) is 0 Å². The molecule has 0 heteroatoms. The van der Waals surface area contributed by atoms with Crippen LogP contribution < -0.4 is 0 Å². The molecular formula is C15H38. The minimum Gasteiger partial charge on any atom is -0.0776 e. The molecule has 0 heterocycles. The van der Waals surface area contributed by atoms with Crippen LogP contribution >= 0.6 is 0 Å². The molecule has 0 unspecified atom stereocenters. The van der Waals surface area contributed by atoms with E-state index in [9.17, 15) is 0 Å². The molecule has 0 amide bonds. The minimum atomic E-state index is 0. The first-order chi connectivity index (χ1) is 6.27. The lowest BCUT2D eigenvalue weighted by atomic mass is 10.1. The molecule has 0 aromatic heterocycles. The highest BCUT2D eigenvalue weighted by Crippen LogP contribution is 2.02. The van der Waals surface area contributed by atoms with Crippen molar-refractivity contribution in [2.24, 2.45) is 17.8 Å². The lowest BCUT2D eigenvalue weighted by Gasteiger charge is -1.98. The van der Waals surface area contributed by atoms with E-state index in [1.54, 1.807) is 0 Å². The van der Waals surface area contributed by atoms with Crippen LogP contribution in [0.3, 0.4) is 0 Å². The topological polar surface area (TPSA) is 0 Å². The van der Waals surface area contributed by atoms with Crippen LogP contribution in [-0.4, -0.2) is 0 Å². The van der Waals surface area contributed by atoms with Crippen LogP contribution in [-0.2, 0) is 0 Å². The predicted molar refractivity (Wildman–Crippen MR) is 77.5 cm³/mol. The minimum absolute atomic E-state index is 0. The van der Waals surface area contributed by atoms with Gasteiger partial charge in [-0.2, -0.15) is 0 Å². The first-order valence-corrected chi connectivity index (χ1v) is 6.27. The highest BCUT2D eigenvalue weighted by Gasteiger charge is 1.88. The second kappa shape index (κ2) is 19.6. The average molecular weight is 218 g/mol.